The van der Waals surface area contributed by atoms with Crippen molar-refractivity contribution in [3.05, 3.63) is 47.4 Å². The number of esters is 1. The third-order valence-electron chi connectivity index (χ3n) is 13.3. The van der Waals surface area contributed by atoms with Crippen molar-refractivity contribution >= 4 is 44.5 Å². The Hall–Kier alpha value is -3.87. The molecule has 1 aromatic carbocycles. The summed E-state index contributed by atoms with van der Waals surface area (Å²) in [5.41, 5.74) is -0.324. The zero-order valence-corrected chi connectivity index (χ0v) is 33.6. The van der Waals surface area contributed by atoms with E-state index in [1.165, 1.54) is 6.07 Å². The van der Waals surface area contributed by atoms with E-state index in [0.717, 1.165) is 37.7 Å². The van der Waals surface area contributed by atoms with E-state index in [9.17, 15) is 27.6 Å². The van der Waals surface area contributed by atoms with Gasteiger partial charge in [-0.2, -0.15) is 0 Å². The highest BCUT2D eigenvalue weighted by molar-refractivity contribution is 7.91. The number of sulfonamides is 1. The van der Waals surface area contributed by atoms with Crippen LogP contribution in [0.5, 0.6) is 5.75 Å². The molecule has 4 fully saturated rings. The Labute approximate surface area is 335 Å². The van der Waals surface area contributed by atoms with Gasteiger partial charge < -0.3 is 14.4 Å². The average Bonchev–Trinajstić information content (AvgIpc) is 4.09. The van der Waals surface area contributed by atoms with Gasteiger partial charge in [-0.15, -0.1) is 0 Å². The van der Waals surface area contributed by atoms with Crippen LogP contribution in [0.1, 0.15) is 135 Å². The maximum absolute atomic E-state index is 15.1. The minimum Gasteiger partial charge on any atom is -0.483 e. The number of para-hydroxylation sites is 1. The molecule has 0 radical (unpaired) electrons. The molecule has 1 spiro atoms. The van der Waals surface area contributed by atoms with Crippen molar-refractivity contribution in [3.8, 4) is 5.75 Å². The van der Waals surface area contributed by atoms with Crippen LogP contribution in [0.15, 0.2) is 30.4 Å². The van der Waals surface area contributed by atoms with Crippen LogP contribution in [0.4, 0.5) is 4.39 Å². The van der Waals surface area contributed by atoms with Crippen LogP contribution in [-0.4, -0.2) is 71.4 Å². The highest BCUT2D eigenvalue weighted by Gasteiger charge is 2.63. The van der Waals surface area contributed by atoms with Crippen LogP contribution in [0.25, 0.3) is 10.9 Å². The number of benzene rings is 1. The second-order valence-electron chi connectivity index (χ2n) is 18.2. The number of fused-ring (bicyclic) bond motifs is 5. The van der Waals surface area contributed by atoms with E-state index in [1.54, 1.807) is 17.9 Å². The SMILES string of the molecule is C.CC(C)COC(=O)C[C@H]1CCCCC/C=C\[C@@H]2C[C@@]2(C(=O)NS(=O)(=O)C2(C)CC2)CC(=O)[C@@H]2C[C@]3(CCc4c(c(C5CC5)nc5c(F)cccc45)O3)CN2C1=O. The summed E-state index contributed by atoms with van der Waals surface area (Å²) in [5.74, 6) is -2.34. The van der Waals surface area contributed by atoms with Gasteiger partial charge in [-0.25, -0.2) is 17.8 Å². The van der Waals surface area contributed by atoms with Crippen LogP contribution in [0.3, 0.4) is 0 Å². The number of ketones is 1. The maximum atomic E-state index is 15.1. The first-order valence-corrected chi connectivity index (χ1v) is 22.1. The molecular formula is C44H58FN3O8S. The highest BCUT2D eigenvalue weighted by atomic mass is 32.2. The van der Waals surface area contributed by atoms with Gasteiger partial charge in [0.1, 0.15) is 22.7 Å². The predicted molar refractivity (Wildman–Crippen MR) is 213 cm³/mol. The van der Waals surface area contributed by atoms with Gasteiger partial charge in [0.2, 0.25) is 21.8 Å². The summed E-state index contributed by atoms with van der Waals surface area (Å²) >= 11 is 0. The standard InChI is InChI=1S/C43H54FN3O8S.CH4/c1-26(2)24-54-35(49)20-28-10-7-5-4-6-8-11-29-21-43(29,40(51)46-56(52,53)41(3)18-19-41)23-34(48)33-22-42(25-47(33)39(28)50)17-16-31-30-12-9-13-32(44)37(30)45-36(27-14-15-27)38(31)55-42;/h8-9,11-13,26-29,33H,4-7,10,14-25H2,1-3H3,(H,46,51);1H4/b11-8-;/t28-,29-,33+,42-,43-;/m1./s1. The van der Waals surface area contributed by atoms with Crippen molar-refractivity contribution in [2.24, 2.45) is 23.2 Å². The fraction of sp³-hybridized carbons (Fsp3) is 0.659. The number of allylic oxidation sites excluding steroid dienone is 2. The van der Waals surface area contributed by atoms with Gasteiger partial charge in [-0.05, 0) is 89.0 Å². The molecule has 1 aromatic heterocycles. The number of amides is 2. The zero-order valence-electron chi connectivity index (χ0n) is 32.7. The summed E-state index contributed by atoms with van der Waals surface area (Å²) in [5, 5.41) is 0.690. The molecule has 5 atom stereocenters. The Bertz CT molecular complexity index is 2090. The van der Waals surface area contributed by atoms with Gasteiger partial charge in [-0.3, -0.25) is 23.9 Å². The Morgan fingerprint density at radius 3 is 2.58 bits per heavy atom. The first kappa shape index (κ1) is 41.3. The summed E-state index contributed by atoms with van der Waals surface area (Å²) in [4.78, 5) is 63.2. The lowest BCUT2D eigenvalue weighted by Crippen LogP contribution is -2.48. The maximum Gasteiger partial charge on any atom is 0.306 e. The molecule has 4 heterocycles. The molecule has 57 heavy (non-hydrogen) atoms. The molecule has 0 bridgehead atoms. The lowest BCUT2D eigenvalue weighted by Gasteiger charge is -2.37. The highest BCUT2D eigenvalue weighted by Crippen LogP contribution is 2.58. The van der Waals surface area contributed by atoms with Crippen LogP contribution < -0.4 is 9.46 Å². The Morgan fingerprint density at radius 2 is 1.86 bits per heavy atom. The van der Waals surface area contributed by atoms with Crippen molar-refractivity contribution in [1.29, 1.82) is 0 Å². The van der Waals surface area contributed by atoms with Gasteiger partial charge in [0.15, 0.2) is 5.78 Å². The number of nitrogens with one attached hydrogen (secondary N) is 1. The van der Waals surface area contributed by atoms with E-state index in [-0.39, 0.29) is 69.3 Å². The number of nitrogens with zero attached hydrogens (tertiary/aromatic N) is 2. The second kappa shape index (κ2) is 15.4. The minimum absolute atomic E-state index is 0. The normalized spacial score (nSPS) is 30.2. The number of ether oxygens (including phenoxy) is 2. The second-order valence-corrected chi connectivity index (χ2v) is 20.4. The van der Waals surface area contributed by atoms with Gasteiger partial charge in [-0.1, -0.05) is 58.4 Å². The molecule has 3 aliphatic heterocycles. The van der Waals surface area contributed by atoms with Crippen LogP contribution in [-0.2, 0) is 40.4 Å². The smallest absolute Gasteiger partial charge is 0.306 e. The third kappa shape index (κ3) is 7.98. The zero-order chi connectivity index (χ0) is 39.6. The van der Waals surface area contributed by atoms with Crippen LogP contribution in [0.2, 0.25) is 0 Å². The van der Waals surface area contributed by atoms with Gasteiger partial charge in [0.25, 0.3) is 0 Å². The van der Waals surface area contributed by atoms with E-state index in [0.29, 0.717) is 67.3 Å². The van der Waals surface area contributed by atoms with Crippen LogP contribution in [0, 0.1) is 29.0 Å². The minimum atomic E-state index is -3.95. The molecule has 3 aliphatic carbocycles. The molecule has 0 unspecified atom stereocenters. The molecule has 8 rings (SSSR count). The summed E-state index contributed by atoms with van der Waals surface area (Å²) in [6, 6.07) is 3.96. The number of carbonyl (C=O) groups is 4. The van der Waals surface area contributed by atoms with E-state index < -0.39 is 55.4 Å². The fourth-order valence-electron chi connectivity index (χ4n) is 9.17. The summed E-state index contributed by atoms with van der Waals surface area (Å²) < 4.78 is 55.5. The van der Waals surface area contributed by atoms with E-state index in [2.05, 4.69) is 4.72 Å². The summed E-state index contributed by atoms with van der Waals surface area (Å²) in [6.07, 6.45) is 11.4. The van der Waals surface area contributed by atoms with E-state index >= 15 is 4.39 Å². The number of carbonyl (C=O) groups excluding carboxylic acids is 4. The fourth-order valence-corrected chi connectivity index (χ4v) is 10.5. The van der Waals surface area contributed by atoms with E-state index in [1.807, 2.05) is 32.1 Å². The molecular weight excluding hydrogens is 750 g/mol. The van der Waals surface area contributed by atoms with Crippen molar-refractivity contribution in [3.63, 3.8) is 0 Å². The molecule has 3 saturated carbocycles. The van der Waals surface area contributed by atoms with Crippen molar-refractivity contribution < 1.29 is 41.5 Å². The number of halogens is 1. The Kier molecular flexibility index (Phi) is 11.1. The molecule has 13 heteroatoms. The predicted octanol–water partition coefficient (Wildman–Crippen LogP) is 7.24. The first-order chi connectivity index (χ1) is 26.6. The molecule has 310 valence electrons. The number of hydrogen-bond donors (Lipinski definition) is 1. The number of aromatic nitrogens is 1. The summed E-state index contributed by atoms with van der Waals surface area (Å²) in [6.45, 7) is 5.85. The number of hydrogen-bond acceptors (Lipinski definition) is 9. The largest absolute Gasteiger partial charge is 0.483 e. The molecule has 2 aromatic rings. The van der Waals surface area contributed by atoms with Gasteiger partial charge in [0.05, 0.1) is 41.5 Å². The Morgan fingerprint density at radius 1 is 1.09 bits per heavy atom. The Balaban J connectivity index is 0.00000496. The van der Waals surface area contributed by atoms with Crippen molar-refractivity contribution in [2.75, 3.05) is 13.2 Å². The molecule has 1 N–H and O–H groups in total. The lowest BCUT2D eigenvalue weighted by atomic mass is 9.85. The topological polar surface area (TPSA) is 149 Å². The number of Topliss-reactive ketones (excluding diaryl/α,β-unsaturated/α-hetero) is 1. The average molecular weight is 808 g/mol. The van der Waals surface area contributed by atoms with Gasteiger partial charge in [0, 0.05) is 35.6 Å². The quantitative estimate of drug-likeness (QED) is 0.215. The van der Waals surface area contributed by atoms with Crippen molar-refractivity contribution in [1.82, 2.24) is 14.6 Å². The molecule has 2 amide bonds. The molecule has 11 nitrogen and oxygen atoms in total. The van der Waals surface area contributed by atoms with Gasteiger partial charge >= 0.3 is 5.97 Å². The number of rotatable bonds is 8. The van der Waals surface area contributed by atoms with Crippen LogP contribution >= 0.6 is 0 Å². The number of aryl methyl sites for hydroxylation is 1. The third-order valence-corrected chi connectivity index (χ3v) is 15.4. The van der Waals surface area contributed by atoms with Crippen molar-refractivity contribution in [2.45, 2.75) is 147 Å². The molecule has 1 saturated heterocycles. The molecule has 6 aliphatic rings. The monoisotopic (exact) mass is 807 g/mol. The number of pyridine rings is 1. The lowest BCUT2D eigenvalue weighted by molar-refractivity contribution is -0.151. The first-order valence-electron chi connectivity index (χ1n) is 20.7. The summed E-state index contributed by atoms with van der Waals surface area (Å²) in [7, 11) is -3.95. The van der Waals surface area contributed by atoms with E-state index in [4.69, 9.17) is 14.5 Å².